The van der Waals surface area contributed by atoms with Crippen molar-refractivity contribution < 1.29 is 4.79 Å². The van der Waals surface area contributed by atoms with Crippen LogP contribution in [0.5, 0.6) is 0 Å². The fraction of sp³-hybridized carbons (Fsp3) is 0.105. The minimum atomic E-state index is -0.432. The Balaban J connectivity index is 1.93. The highest BCUT2D eigenvalue weighted by atomic mass is 35.5. The van der Waals surface area contributed by atoms with Crippen LogP contribution in [0, 0.1) is 0 Å². The first-order valence-electron chi connectivity index (χ1n) is 7.86. The summed E-state index contributed by atoms with van der Waals surface area (Å²) >= 11 is 6.25. The monoisotopic (exact) mass is 350 g/mol. The zero-order valence-corrected chi connectivity index (χ0v) is 14.1. The standard InChI is InChI=1S/C19H15ClN4O/c20-13-6-7-14-15(8-13)19(12-4-2-1-3-5-12)22-10-17-16(14)9-23-24(17)11-18(21)25/h1-9H,10-11H2,(H2,21,25). The van der Waals surface area contributed by atoms with Gasteiger partial charge >= 0.3 is 0 Å². The number of aromatic nitrogens is 2. The van der Waals surface area contributed by atoms with Crippen LogP contribution >= 0.6 is 11.6 Å². The van der Waals surface area contributed by atoms with E-state index in [0.29, 0.717) is 11.6 Å². The zero-order chi connectivity index (χ0) is 17.4. The third kappa shape index (κ3) is 2.83. The van der Waals surface area contributed by atoms with E-state index in [9.17, 15) is 4.79 Å². The Morgan fingerprint density at radius 1 is 1.12 bits per heavy atom. The molecule has 0 saturated heterocycles. The van der Waals surface area contributed by atoms with Crippen molar-refractivity contribution in [3.05, 3.63) is 76.6 Å². The topological polar surface area (TPSA) is 73.3 Å². The SMILES string of the molecule is NC(=O)Cn1ncc2c1CN=C(c1ccccc1)c1cc(Cl)ccc1-2. The summed E-state index contributed by atoms with van der Waals surface area (Å²) in [5.74, 6) is -0.432. The smallest absolute Gasteiger partial charge is 0.239 e. The molecule has 2 aromatic carbocycles. The number of amides is 1. The molecule has 4 rings (SSSR count). The average molecular weight is 351 g/mol. The molecule has 2 heterocycles. The van der Waals surface area contributed by atoms with Crippen LogP contribution in [0.4, 0.5) is 0 Å². The van der Waals surface area contributed by atoms with Crippen LogP contribution in [0.3, 0.4) is 0 Å². The van der Waals surface area contributed by atoms with Crippen molar-refractivity contribution in [2.75, 3.05) is 0 Å². The van der Waals surface area contributed by atoms with Gasteiger partial charge < -0.3 is 5.73 Å². The number of hydrogen-bond acceptors (Lipinski definition) is 3. The van der Waals surface area contributed by atoms with Gasteiger partial charge in [-0.3, -0.25) is 14.5 Å². The molecule has 0 radical (unpaired) electrons. The first-order valence-corrected chi connectivity index (χ1v) is 8.24. The number of carbonyl (C=O) groups is 1. The van der Waals surface area contributed by atoms with Crippen LogP contribution in [0.15, 0.2) is 59.7 Å². The number of halogens is 1. The normalized spacial score (nSPS) is 12.8. The summed E-state index contributed by atoms with van der Waals surface area (Å²) in [6, 6.07) is 15.7. The van der Waals surface area contributed by atoms with E-state index >= 15 is 0 Å². The minimum absolute atomic E-state index is 0.0362. The van der Waals surface area contributed by atoms with Crippen LogP contribution in [0.25, 0.3) is 11.1 Å². The molecule has 0 aliphatic carbocycles. The van der Waals surface area contributed by atoms with Crippen molar-refractivity contribution in [2.24, 2.45) is 10.7 Å². The van der Waals surface area contributed by atoms with E-state index in [1.54, 1.807) is 10.9 Å². The number of primary amides is 1. The highest BCUT2D eigenvalue weighted by Gasteiger charge is 2.22. The molecular weight excluding hydrogens is 336 g/mol. The van der Waals surface area contributed by atoms with Crippen molar-refractivity contribution in [1.82, 2.24) is 9.78 Å². The lowest BCUT2D eigenvalue weighted by molar-refractivity contribution is -0.118. The van der Waals surface area contributed by atoms with E-state index in [4.69, 9.17) is 22.3 Å². The number of fused-ring (bicyclic) bond motifs is 3. The predicted octanol–water partition coefficient (Wildman–Crippen LogP) is 3.04. The molecule has 0 saturated carbocycles. The number of hydrogen-bond donors (Lipinski definition) is 1. The Morgan fingerprint density at radius 2 is 1.92 bits per heavy atom. The first kappa shape index (κ1) is 15.6. The Labute approximate surface area is 149 Å². The number of nitrogens with zero attached hydrogens (tertiary/aromatic N) is 3. The van der Waals surface area contributed by atoms with Gasteiger partial charge in [0.1, 0.15) is 6.54 Å². The molecule has 0 bridgehead atoms. The molecule has 1 aromatic heterocycles. The molecule has 5 nitrogen and oxygen atoms in total. The Kier molecular flexibility index (Phi) is 3.86. The molecule has 0 atom stereocenters. The van der Waals surface area contributed by atoms with Crippen LogP contribution in [0.2, 0.25) is 5.02 Å². The zero-order valence-electron chi connectivity index (χ0n) is 13.3. The first-order chi connectivity index (χ1) is 12.1. The van der Waals surface area contributed by atoms with E-state index in [-0.39, 0.29) is 6.54 Å². The molecule has 2 N–H and O–H groups in total. The molecule has 1 amide bonds. The van der Waals surface area contributed by atoms with Crippen LogP contribution in [-0.4, -0.2) is 21.4 Å². The number of benzene rings is 2. The fourth-order valence-corrected chi connectivity index (χ4v) is 3.29. The Hall–Kier alpha value is -2.92. The van der Waals surface area contributed by atoms with Gasteiger partial charge in [-0.15, -0.1) is 0 Å². The van der Waals surface area contributed by atoms with Gasteiger partial charge in [0, 0.05) is 21.7 Å². The van der Waals surface area contributed by atoms with Gasteiger partial charge in [-0.2, -0.15) is 5.10 Å². The van der Waals surface area contributed by atoms with Crippen molar-refractivity contribution in [3.63, 3.8) is 0 Å². The van der Waals surface area contributed by atoms with E-state index < -0.39 is 5.91 Å². The molecule has 0 fully saturated rings. The maximum absolute atomic E-state index is 11.3. The molecule has 0 spiro atoms. The number of aliphatic imine (C=N–C) groups is 1. The second-order valence-corrected chi connectivity index (χ2v) is 6.29. The summed E-state index contributed by atoms with van der Waals surface area (Å²) in [4.78, 5) is 16.1. The quantitative estimate of drug-likeness (QED) is 0.788. The van der Waals surface area contributed by atoms with Crippen LogP contribution in [0.1, 0.15) is 16.8 Å². The van der Waals surface area contributed by atoms with Gasteiger partial charge in [0.2, 0.25) is 5.91 Å². The minimum Gasteiger partial charge on any atom is -0.368 e. The van der Waals surface area contributed by atoms with E-state index in [2.05, 4.69) is 5.10 Å². The second kappa shape index (κ2) is 6.18. The predicted molar refractivity (Wildman–Crippen MR) is 97.7 cm³/mol. The molecule has 0 unspecified atom stereocenters. The van der Waals surface area contributed by atoms with Crippen LogP contribution < -0.4 is 5.73 Å². The third-order valence-electron chi connectivity index (χ3n) is 4.22. The Bertz CT molecular complexity index is 992. The third-order valence-corrected chi connectivity index (χ3v) is 4.45. The van der Waals surface area contributed by atoms with E-state index in [0.717, 1.165) is 33.7 Å². The average Bonchev–Trinajstić information content (AvgIpc) is 2.90. The lowest BCUT2D eigenvalue weighted by atomic mass is 9.94. The van der Waals surface area contributed by atoms with Crippen molar-refractivity contribution in [2.45, 2.75) is 13.1 Å². The highest BCUT2D eigenvalue weighted by molar-refractivity contribution is 6.31. The molecule has 124 valence electrons. The fourth-order valence-electron chi connectivity index (χ4n) is 3.12. The largest absolute Gasteiger partial charge is 0.368 e. The summed E-state index contributed by atoms with van der Waals surface area (Å²) in [5.41, 5.74) is 11.0. The maximum Gasteiger partial charge on any atom is 0.239 e. The van der Waals surface area contributed by atoms with Crippen LogP contribution in [-0.2, 0) is 17.9 Å². The van der Waals surface area contributed by atoms with Gasteiger partial charge in [0.05, 0.1) is 24.1 Å². The van der Waals surface area contributed by atoms with Crippen molar-refractivity contribution in [1.29, 1.82) is 0 Å². The molecule has 1 aliphatic heterocycles. The lowest BCUT2D eigenvalue weighted by Crippen LogP contribution is -2.20. The summed E-state index contributed by atoms with van der Waals surface area (Å²) in [6.45, 7) is 0.452. The number of nitrogens with two attached hydrogens (primary N) is 1. The maximum atomic E-state index is 11.3. The van der Waals surface area contributed by atoms with E-state index in [1.807, 2.05) is 48.5 Å². The van der Waals surface area contributed by atoms with Crippen molar-refractivity contribution in [3.8, 4) is 11.1 Å². The number of carbonyl (C=O) groups excluding carboxylic acids is 1. The van der Waals surface area contributed by atoms with E-state index in [1.165, 1.54) is 0 Å². The summed E-state index contributed by atoms with van der Waals surface area (Å²) in [5, 5.41) is 4.96. The van der Waals surface area contributed by atoms with Crippen molar-refractivity contribution >= 4 is 23.2 Å². The molecule has 25 heavy (non-hydrogen) atoms. The van der Waals surface area contributed by atoms with Gasteiger partial charge in [-0.05, 0) is 17.7 Å². The summed E-state index contributed by atoms with van der Waals surface area (Å²) < 4.78 is 1.62. The molecule has 6 heteroatoms. The Morgan fingerprint density at radius 3 is 2.68 bits per heavy atom. The highest BCUT2D eigenvalue weighted by Crippen LogP contribution is 2.34. The molecule has 1 aliphatic rings. The molecular formula is C19H15ClN4O. The van der Waals surface area contributed by atoms with Gasteiger partial charge in [0.25, 0.3) is 0 Å². The summed E-state index contributed by atoms with van der Waals surface area (Å²) in [6.07, 6.45) is 1.76. The number of rotatable bonds is 3. The molecule has 3 aromatic rings. The van der Waals surface area contributed by atoms with Gasteiger partial charge in [-0.1, -0.05) is 48.0 Å². The second-order valence-electron chi connectivity index (χ2n) is 5.85. The summed E-state index contributed by atoms with van der Waals surface area (Å²) in [7, 11) is 0. The van der Waals surface area contributed by atoms with Gasteiger partial charge in [-0.25, -0.2) is 0 Å². The van der Waals surface area contributed by atoms with Gasteiger partial charge in [0.15, 0.2) is 0 Å². The lowest BCUT2D eigenvalue weighted by Gasteiger charge is -2.10.